The number of alkyl halides is 9. The Hall–Kier alpha value is 0.170. The molecular weight excluding hydrogens is 364 g/mol. The first-order chi connectivity index (χ1) is 8.40. The molecule has 0 spiro atoms. The molecule has 1 aliphatic heterocycles. The van der Waals surface area contributed by atoms with E-state index in [1.165, 1.54) is 0 Å². The van der Waals surface area contributed by atoms with E-state index >= 15 is 0 Å². The van der Waals surface area contributed by atoms with Crippen LogP contribution in [0, 0.1) is 0 Å². The molecule has 1 nitrogen and oxygen atoms in total. The second-order valence-corrected chi connectivity index (χ2v) is 20.0. The normalized spacial score (nSPS) is 28.5. The van der Waals surface area contributed by atoms with Crippen LogP contribution in [0.15, 0.2) is 0 Å². The van der Waals surface area contributed by atoms with Gasteiger partial charge in [-0.15, -0.1) is 0 Å². The molecule has 13 heteroatoms. The van der Waals surface area contributed by atoms with Gasteiger partial charge < -0.3 is 0 Å². The van der Waals surface area contributed by atoms with Gasteiger partial charge in [0.25, 0.3) is 0 Å². The van der Waals surface area contributed by atoms with Crippen molar-refractivity contribution in [3.63, 3.8) is 0 Å². The van der Waals surface area contributed by atoms with Crippen molar-refractivity contribution in [2.75, 3.05) is 20.8 Å². The molecule has 0 amide bonds. The summed E-state index contributed by atoms with van der Waals surface area (Å²) in [4.78, 5) is 0. The molecular formula is C7H9F9NPS2. The van der Waals surface area contributed by atoms with E-state index in [1.807, 2.05) is 0 Å². The molecule has 0 saturated carbocycles. The topological polar surface area (TPSA) is 3.01 Å². The van der Waals surface area contributed by atoms with E-state index in [1.54, 1.807) is 0 Å². The summed E-state index contributed by atoms with van der Waals surface area (Å²) in [6, 6.07) is 0. The molecule has 1 saturated heterocycles. The third-order valence-corrected chi connectivity index (χ3v) is 20.1. The minimum absolute atomic E-state index is 0.671. The Bertz CT molecular complexity index is 442. The summed E-state index contributed by atoms with van der Waals surface area (Å²) in [6.45, 7) is -0.701. The van der Waals surface area contributed by atoms with Gasteiger partial charge in [0.05, 0.1) is 0 Å². The molecule has 1 heterocycles. The van der Waals surface area contributed by atoms with E-state index in [9.17, 15) is 39.5 Å². The molecule has 0 unspecified atom stereocenters. The predicted molar refractivity (Wildman–Crippen MR) is 63.3 cm³/mol. The third-order valence-electron chi connectivity index (χ3n) is 3.19. The zero-order valence-electron chi connectivity index (χ0n) is 10.1. The molecule has 0 bridgehead atoms. The second kappa shape index (κ2) is 3.73. The van der Waals surface area contributed by atoms with E-state index in [0.717, 1.165) is 18.7 Å². The van der Waals surface area contributed by atoms with Crippen molar-refractivity contribution in [1.82, 2.24) is 0 Å². The van der Waals surface area contributed by atoms with Crippen LogP contribution in [-0.4, -0.2) is 47.5 Å². The average Bonchev–Trinajstić information content (AvgIpc) is 2.06. The Kier molecular flexibility index (Phi) is 3.40. The SMILES string of the molecule is C[N+](C)=C1S[P-](C)(C(F)(F)F)(C(F)(F)F)(C(F)(F)F)S1. The van der Waals surface area contributed by atoms with Gasteiger partial charge in [-0.3, -0.25) is 0 Å². The molecule has 0 radical (unpaired) electrons. The molecule has 0 aromatic carbocycles. The monoisotopic (exact) mass is 373 g/mol. The molecule has 1 aliphatic rings. The molecule has 0 aromatic heterocycles. The average molecular weight is 373 g/mol. The number of nitrogens with zero attached hydrogens (tertiary/aromatic N) is 1. The summed E-state index contributed by atoms with van der Waals surface area (Å²) in [7, 11) is 2.15. The van der Waals surface area contributed by atoms with E-state index < -0.39 is 55.9 Å². The van der Waals surface area contributed by atoms with Crippen molar-refractivity contribution in [1.29, 1.82) is 0 Å². The fourth-order valence-corrected chi connectivity index (χ4v) is 14.3. The zero-order valence-corrected chi connectivity index (χ0v) is 12.6. The van der Waals surface area contributed by atoms with Crippen molar-refractivity contribution in [2.24, 2.45) is 0 Å². The van der Waals surface area contributed by atoms with Crippen LogP contribution in [0.4, 0.5) is 39.5 Å². The van der Waals surface area contributed by atoms with E-state index in [-0.39, 0.29) is 0 Å². The first kappa shape index (κ1) is 18.2. The predicted octanol–water partition coefficient (Wildman–Crippen LogP) is 5.20. The number of hydrogen-bond acceptors (Lipinski definition) is 2. The number of hydrogen-bond donors (Lipinski definition) is 0. The van der Waals surface area contributed by atoms with Gasteiger partial charge in [0.1, 0.15) is 0 Å². The van der Waals surface area contributed by atoms with Gasteiger partial charge in [-0.1, -0.05) is 0 Å². The molecule has 0 aliphatic carbocycles. The van der Waals surface area contributed by atoms with Crippen molar-refractivity contribution in [3.05, 3.63) is 0 Å². The summed E-state index contributed by atoms with van der Waals surface area (Å²) in [5.41, 5.74) is 0. The molecule has 122 valence electrons. The van der Waals surface area contributed by atoms with Gasteiger partial charge in [-0.2, -0.15) is 0 Å². The van der Waals surface area contributed by atoms with Gasteiger partial charge in [0, 0.05) is 0 Å². The summed E-state index contributed by atoms with van der Waals surface area (Å²) < 4.78 is 110. The third kappa shape index (κ3) is 1.34. The van der Waals surface area contributed by atoms with Gasteiger partial charge in [-0.25, -0.2) is 0 Å². The summed E-state index contributed by atoms with van der Waals surface area (Å²) >= 11 is -2.27. The maximum absolute atomic E-state index is 13.2. The molecule has 20 heavy (non-hydrogen) atoms. The van der Waals surface area contributed by atoms with Crippen LogP contribution in [0.5, 0.6) is 0 Å². The van der Waals surface area contributed by atoms with Crippen molar-refractivity contribution < 1.29 is 44.1 Å². The molecule has 1 rings (SSSR count). The van der Waals surface area contributed by atoms with Crippen LogP contribution in [-0.2, 0) is 0 Å². The second-order valence-electron chi connectivity index (χ2n) is 4.74. The quantitative estimate of drug-likeness (QED) is 0.326. The van der Waals surface area contributed by atoms with Gasteiger partial charge >= 0.3 is 114 Å². The van der Waals surface area contributed by atoms with Crippen molar-refractivity contribution in [3.8, 4) is 0 Å². The Morgan fingerprint density at radius 2 is 1.00 bits per heavy atom. The Morgan fingerprint density at radius 3 is 1.15 bits per heavy atom. The van der Waals surface area contributed by atoms with Crippen molar-refractivity contribution in [2.45, 2.75) is 17.8 Å². The van der Waals surface area contributed by atoms with Crippen LogP contribution in [0.3, 0.4) is 0 Å². The van der Waals surface area contributed by atoms with Crippen molar-refractivity contribution >= 4 is 31.5 Å². The van der Waals surface area contributed by atoms with Crippen LogP contribution in [0.25, 0.3) is 0 Å². The standard InChI is InChI=1S/C7H9F9NPS2/c1-17(2)4-19-18(3,20-4,5(8,9)10,6(11,12)13)7(14,15)16/h1-3H3. The fourth-order valence-electron chi connectivity index (χ4n) is 1.37. The summed E-state index contributed by atoms with van der Waals surface area (Å²) in [5.74, 6) is -19.4. The van der Waals surface area contributed by atoms with Gasteiger partial charge in [0.2, 0.25) is 0 Å². The van der Waals surface area contributed by atoms with Gasteiger partial charge in [-0.05, 0) is 0 Å². The minimum atomic E-state index is -8.81. The first-order valence-electron chi connectivity index (χ1n) is 4.71. The van der Waals surface area contributed by atoms with E-state index in [2.05, 4.69) is 0 Å². The maximum atomic E-state index is 13.2. The summed E-state index contributed by atoms with van der Waals surface area (Å²) in [5, 5.41) is 0. The van der Waals surface area contributed by atoms with E-state index in [4.69, 9.17) is 0 Å². The fraction of sp³-hybridized carbons (Fsp3) is 0.857. The van der Waals surface area contributed by atoms with Crippen LogP contribution in [0.1, 0.15) is 0 Å². The number of rotatable bonds is 0. The van der Waals surface area contributed by atoms with Crippen LogP contribution >= 0.6 is 27.1 Å². The Labute approximate surface area is 115 Å². The zero-order chi connectivity index (χ0) is 16.5. The van der Waals surface area contributed by atoms with E-state index in [0.29, 0.717) is 0 Å². The summed E-state index contributed by atoms with van der Waals surface area (Å²) in [6.07, 6.45) is 0. The Morgan fingerprint density at radius 1 is 0.750 bits per heavy atom. The van der Waals surface area contributed by atoms with Crippen LogP contribution < -0.4 is 0 Å². The molecule has 0 atom stereocenters. The molecule has 1 fully saturated rings. The number of halogens is 9. The first-order valence-corrected chi connectivity index (χ1v) is 10.7. The molecule has 0 aromatic rings. The van der Waals surface area contributed by atoms with Crippen LogP contribution in [0.2, 0.25) is 0 Å². The molecule has 0 N–H and O–H groups in total. The Balaban J connectivity index is 3.92. The van der Waals surface area contributed by atoms with Gasteiger partial charge in [0.15, 0.2) is 0 Å².